The smallest absolute Gasteiger partial charge is 0.224 e. The Hall–Kier alpha value is -0.320. The van der Waals surface area contributed by atoms with E-state index < -0.39 is 0 Å². The molecule has 1 atom stereocenters. The van der Waals surface area contributed by atoms with Gasteiger partial charge in [0.05, 0.1) is 18.6 Å². The van der Waals surface area contributed by atoms with Crippen molar-refractivity contribution in [3.8, 4) is 0 Å². The van der Waals surface area contributed by atoms with E-state index in [1.165, 1.54) is 0 Å². The van der Waals surface area contributed by atoms with Gasteiger partial charge in [-0.05, 0) is 19.4 Å². The number of hydrogen-bond donors (Lipinski definition) is 0. The van der Waals surface area contributed by atoms with Gasteiger partial charge in [-0.2, -0.15) is 0 Å². The van der Waals surface area contributed by atoms with Crippen LogP contribution in [0.4, 0.5) is 0 Å². The van der Waals surface area contributed by atoms with Crippen molar-refractivity contribution in [3.05, 3.63) is 0 Å². The molecule has 0 spiro atoms. The first-order valence-electron chi connectivity index (χ1n) is 6.47. The van der Waals surface area contributed by atoms with Gasteiger partial charge in [0.25, 0.3) is 0 Å². The first kappa shape index (κ1) is 13.1. The SMILES string of the molecule is O=C1CC(Cl)CN1CCCCN1CCOCC1. The van der Waals surface area contributed by atoms with E-state index in [0.29, 0.717) is 6.42 Å². The largest absolute Gasteiger partial charge is 0.379 e. The van der Waals surface area contributed by atoms with E-state index in [1.807, 2.05) is 4.90 Å². The molecule has 98 valence electrons. The highest BCUT2D eigenvalue weighted by molar-refractivity contribution is 6.22. The molecule has 2 aliphatic rings. The van der Waals surface area contributed by atoms with Crippen molar-refractivity contribution >= 4 is 17.5 Å². The fourth-order valence-corrected chi connectivity index (χ4v) is 2.70. The number of hydrogen-bond acceptors (Lipinski definition) is 3. The molecule has 2 heterocycles. The Labute approximate surface area is 108 Å². The lowest BCUT2D eigenvalue weighted by Gasteiger charge is -2.26. The summed E-state index contributed by atoms with van der Waals surface area (Å²) in [6.45, 7) is 6.54. The van der Waals surface area contributed by atoms with E-state index in [0.717, 1.165) is 58.8 Å². The number of rotatable bonds is 5. The number of likely N-dealkylation sites (tertiary alicyclic amines) is 1. The van der Waals surface area contributed by atoms with Crippen molar-refractivity contribution in [2.24, 2.45) is 0 Å². The van der Waals surface area contributed by atoms with E-state index in [4.69, 9.17) is 16.3 Å². The van der Waals surface area contributed by atoms with Gasteiger partial charge in [-0.15, -0.1) is 11.6 Å². The zero-order valence-corrected chi connectivity index (χ0v) is 11.0. The lowest BCUT2D eigenvalue weighted by molar-refractivity contribution is -0.127. The predicted octanol–water partition coefficient (Wildman–Crippen LogP) is 0.938. The standard InChI is InChI=1S/C12H21ClN2O2/c13-11-9-12(16)15(10-11)4-2-1-3-14-5-7-17-8-6-14/h11H,1-10H2. The van der Waals surface area contributed by atoms with Crippen LogP contribution in [0, 0.1) is 0 Å². The first-order chi connectivity index (χ1) is 8.25. The molecule has 1 unspecified atom stereocenters. The maximum absolute atomic E-state index is 11.5. The Morgan fingerprint density at radius 3 is 2.59 bits per heavy atom. The number of unbranched alkanes of at least 4 members (excludes halogenated alkanes) is 1. The molecule has 0 aromatic heterocycles. The van der Waals surface area contributed by atoms with Crippen LogP contribution in [0.3, 0.4) is 0 Å². The third kappa shape index (κ3) is 4.12. The predicted molar refractivity (Wildman–Crippen MR) is 67.3 cm³/mol. The number of alkyl halides is 1. The average Bonchev–Trinajstić information content (AvgIpc) is 2.65. The molecule has 2 fully saturated rings. The Bertz CT molecular complexity index is 257. The topological polar surface area (TPSA) is 32.8 Å². The van der Waals surface area contributed by atoms with E-state index in [9.17, 15) is 4.79 Å². The van der Waals surface area contributed by atoms with Crippen LogP contribution in [-0.2, 0) is 9.53 Å². The molecule has 0 N–H and O–H groups in total. The Balaban J connectivity index is 1.55. The van der Waals surface area contributed by atoms with Gasteiger partial charge in [0.15, 0.2) is 0 Å². The van der Waals surface area contributed by atoms with Gasteiger partial charge < -0.3 is 9.64 Å². The van der Waals surface area contributed by atoms with Crippen LogP contribution in [0.25, 0.3) is 0 Å². The Morgan fingerprint density at radius 2 is 1.94 bits per heavy atom. The minimum atomic E-state index is 0.0294. The fourth-order valence-electron chi connectivity index (χ4n) is 2.40. The maximum Gasteiger partial charge on any atom is 0.224 e. The van der Waals surface area contributed by atoms with Gasteiger partial charge in [-0.1, -0.05) is 0 Å². The molecule has 4 nitrogen and oxygen atoms in total. The molecule has 0 aromatic rings. The van der Waals surface area contributed by atoms with Crippen LogP contribution in [0.15, 0.2) is 0 Å². The van der Waals surface area contributed by atoms with E-state index in [2.05, 4.69) is 4.90 Å². The number of nitrogens with zero attached hydrogens (tertiary/aromatic N) is 2. The summed E-state index contributed by atoms with van der Waals surface area (Å²) in [6.07, 6.45) is 2.74. The van der Waals surface area contributed by atoms with Crippen molar-refractivity contribution in [1.82, 2.24) is 9.80 Å². The van der Waals surface area contributed by atoms with Crippen LogP contribution in [0.2, 0.25) is 0 Å². The summed E-state index contributed by atoms with van der Waals surface area (Å²) in [5.41, 5.74) is 0. The van der Waals surface area contributed by atoms with Gasteiger partial charge in [-0.3, -0.25) is 9.69 Å². The number of carbonyl (C=O) groups is 1. The van der Waals surface area contributed by atoms with Gasteiger partial charge in [0.1, 0.15) is 0 Å². The third-order valence-electron chi connectivity index (χ3n) is 3.42. The summed E-state index contributed by atoms with van der Waals surface area (Å²) >= 11 is 5.95. The van der Waals surface area contributed by atoms with Crippen LogP contribution in [0.1, 0.15) is 19.3 Å². The molecule has 0 saturated carbocycles. The lowest BCUT2D eigenvalue weighted by Crippen LogP contribution is -2.37. The fraction of sp³-hybridized carbons (Fsp3) is 0.917. The van der Waals surface area contributed by atoms with Gasteiger partial charge in [0.2, 0.25) is 5.91 Å². The molecule has 5 heteroatoms. The quantitative estimate of drug-likeness (QED) is 0.545. The Kier molecular flexibility index (Phi) is 5.07. The van der Waals surface area contributed by atoms with Gasteiger partial charge in [0, 0.05) is 32.6 Å². The molecule has 0 aromatic carbocycles. The summed E-state index contributed by atoms with van der Waals surface area (Å²) in [5.74, 6) is 0.219. The summed E-state index contributed by atoms with van der Waals surface area (Å²) < 4.78 is 5.30. The van der Waals surface area contributed by atoms with E-state index >= 15 is 0 Å². The summed E-state index contributed by atoms with van der Waals surface area (Å²) in [6, 6.07) is 0. The van der Waals surface area contributed by atoms with Crippen molar-refractivity contribution in [3.63, 3.8) is 0 Å². The minimum Gasteiger partial charge on any atom is -0.379 e. The summed E-state index contributed by atoms with van der Waals surface area (Å²) in [5, 5.41) is 0.0294. The molecule has 17 heavy (non-hydrogen) atoms. The second-order valence-electron chi connectivity index (χ2n) is 4.80. The molecule has 1 amide bonds. The number of amides is 1. The van der Waals surface area contributed by atoms with Gasteiger partial charge in [-0.25, -0.2) is 0 Å². The molecule has 0 radical (unpaired) electrons. The number of halogens is 1. The second kappa shape index (κ2) is 6.57. The average molecular weight is 261 g/mol. The van der Waals surface area contributed by atoms with Crippen LogP contribution >= 0.6 is 11.6 Å². The summed E-state index contributed by atoms with van der Waals surface area (Å²) in [7, 11) is 0. The van der Waals surface area contributed by atoms with Crippen molar-refractivity contribution in [1.29, 1.82) is 0 Å². The van der Waals surface area contributed by atoms with E-state index in [1.54, 1.807) is 0 Å². The highest BCUT2D eigenvalue weighted by atomic mass is 35.5. The Morgan fingerprint density at radius 1 is 1.24 bits per heavy atom. The molecular weight excluding hydrogens is 240 g/mol. The van der Waals surface area contributed by atoms with Crippen LogP contribution in [0.5, 0.6) is 0 Å². The number of carbonyl (C=O) groups excluding carboxylic acids is 1. The molecule has 2 aliphatic heterocycles. The normalized spacial score (nSPS) is 26.8. The van der Waals surface area contributed by atoms with Crippen molar-refractivity contribution in [2.75, 3.05) is 45.9 Å². The van der Waals surface area contributed by atoms with Crippen molar-refractivity contribution in [2.45, 2.75) is 24.6 Å². The molecule has 0 aliphatic carbocycles. The van der Waals surface area contributed by atoms with Crippen LogP contribution < -0.4 is 0 Å². The van der Waals surface area contributed by atoms with E-state index in [-0.39, 0.29) is 11.3 Å². The minimum absolute atomic E-state index is 0.0294. The maximum atomic E-state index is 11.5. The lowest BCUT2D eigenvalue weighted by atomic mass is 10.2. The molecule has 2 saturated heterocycles. The summed E-state index contributed by atoms with van der Waals surface area (Å²) in [4.78, 5) is 15.8. The zero-order valence-electron chi connectivity index (χ0n) is 10.2. The molecule has 2 rings (SSSR count). The second-order valence-corrected chi connectivity index (χ2v) is 5.42. The van der Waals surface area contributed by atoms with Gasteiger partial charge >= 0.3 is 0 Å². The highest BCUT2D eigenvalue weighted by Gasteiger charge is 2.27. The first-order valence-corrected chi connectivity index (χ1v) is 6.91. The third-order valence-corrected chi connectivity index (χ3v) is 3.72. The monoisotopic (exact) mass is 260 g/mol. The molecule has 0 bridgehead atoms. The number of ether oxygens (including phenoxy) is 1. The number of morpholine rings is 1. The molecular formula is C12H21ClN2O2. The van der Waals surface area contributed by atoms with Crippen molar-refractivity contribution < 1.29 is 9.53 Å². The van der Waals surface area contributed by atoms with Crippen LogP contribution in [-0.4, -0.2) is 67.0 Å². The zero-order chi connectivity index (χ0) is 12.1. The highest BCUT2D eigenvalue weighted by Crippen LogP contribution is 2.16.